The fourth-order valence-electron chi connectivity index (χ4n) is 6.13. The number of methoxy groups -OCH3 is 1. The number of carbonyl (C=O) groups excluding carboxylic acids is 1. The molecule has 1 aliphatic heterocycles. The molecule has 4 atom stereocenters. The van der Waals surface area contributed by atoms with E-state index in [9.17, 15) is 23.5 Å². The zero-order chi connectivity index (χ0) is 32.7. The predicted octanol–water partition coefficient (Wildman–Crippen LogP) is 7.67. The van der Waals surface area contributed by atoms with Gasteiger partial charge in [0.15, 0.2) is 0 Å². The van der Waals surface area contributed by atoms with Crippen LogP contribution in [0.1, 0.15) is 83.3 Å². The average molecular weight is 627 g/mol. The van der Waals surface area contributed by atoms with Gasteiger partial charge in [0.05, 0.1) is 37.3 Å². The SMILES string of the molecule is CCC(CCN(C(=O)OC(C)(C)C)[C@@H]1CC[C@@H](CCc2ccnc3ccc(OC)cc23)O[C@@H]1CC(=O)O)c1cc(F)ccc1F. The summed E-state index contributed by atoms with van der Waals surface area (Å²) in [5.74, 6) is -1.67. The van der Waals surface area contributed by atoms with Crippen molar-refractivity contribution in [2.75, 3.05) is 13.7 Å². The number of carboxylic acids is 1. The van der Waals surface area contributed by atoms with Gasteiger partial charge in [0.25, 0.3) is 0 Å². The Kier molecular flexibility index (Phi) is 11.4. The van der Waals surface area contributed by atoms with Crippen LogP contribution < -0.4 is 4.74 Å². The minimum absolute atomic E-state index is 0.170. The Bertz CT molecular complexity index is 1480. The molecule has 0 spiro atoms. The molecule has 45 heavy (non-hydrogen) atoms. The summed E-state index contributed by atoms with van der Waals surface area (Å²) >= 11 is 0. The Hall–Kier alpha value is -3.79. The second-order valence-electron chi connectivity index (χ2n) is 12.7. The smallest absolute Gasteiger partial charge is 0.410 e. The van der Waals surface area contributed by atoms with Gasteiger partial charge in [-0.05, 0) is 119 Å². The highest BCUT2D eigenvalue weighted by Crippen LogP contribution is 2.33. The molecule has 1 unspecified atom stereocenters. The molecule has 2 aromatic carbocycles. The number of ether oxygens (including phenoxy) is 3. The largest absolute Gasteiger partial charge is 0.497 e. The monoisotopic (exact) mass is 626 g/mol. The second-order valence-corrected chi connectivity index (χ2v) is 12.7. The molecule has 10 heteroatoms. The number of halogens is 2. The van der Waals surface area contributed by atoms with Crippen LogP contribution in [0.2, 0.25) is 0 Å². The number of aliphatic carboxylic acids is 1. The van der Waals surface area contributed by atoms with Crippen molar-refractivity contribution in [3.63, 3.8) is 0 Å². The molecule has 8 nitrogen and oxygen atoms in total. The van der Waals surface area contributed by atoms with Crippen molar-refractivity contribution in [3.8, 4) is 5.75 Å². The first-order valence-corrected chi connectivity index (χ1v) is 15.6. The third-order valence-electron chi connectivity index (χ3n) is 8.37. The highest BCUT2D eigenvalue weighted by Gasteiger charge is 2.40. The lowest BCUT2D eigenvalue weighted by Crippen LogP contribution is -2.54. The van der Waals surface area contributed by atoms with E-state index in [1.165, 1.54) is 11.0 Å². The molecular weight excluding hydrogens is 582 g/mol. The standard InChI is InChI=1S/C35H44F2N2O6/c1-6-22(27-19-24(36)8-12-29(27)37)16-18-39(34(42)45-35(2,3)4)31-14-11-25(44-32(31)21-33(40)41)9-7-23-15-17-38-30-13-10-26(43-5)20-28(23)30/h8,10,12-13,15,17,19-20,22,25,31-32H,6-7,9,11,14,16,18,21H2,1-5H3,(H,40,41)/t22?,25-,31-,32-/m1/s1. The molecular formula is C35H44F2N2O6. The van der Waals surface area contributed by atoms with Crippen LogP contribution in [0.15, 0.2) is 48.7 Å². The molecule has 1 fully saturated rings. The first-order valence-electron chi connectivity index (χ1n) is 15.6. The van der Waals surface area contributed by atoms with E-state index in [4.69, 9.17) is 14.2 Å². The Morgan fingerprint density at radius 1 is 1.13 bits per heavy atom. The molecule has 1 N–H and O–H groups in total. The third-order valence-corrected chi connectivity index (χ3v) is 8.37. The van der Waals surface area contributed by atoms with Gasteiger partial charge in [0.1, 0.15) is 23.0 Å². The summed E-state index contributed by atoms with van der Waals surface area (Å²) in [7, 11) is 1.62. The molecule has 0 radical (unpaired) electrons. The van der Waals surface area contributed by atoms with E-state index >= 15 is 0 Å². The fraction of sp³-hybridized carbons (Fsp3) is 0.514. The van der Waals surface area contributed by atoms with Crippen LogP contribution in [0.25, 0.3) is 10.9 Å². The van der Waals surface area contributed by atoms with Gasteiger partial charge in [-0.3, -0.25) is 9.78 Å². The molecule has 1 saturated heterocycles. The maximum Gasteiger partial charge on any atom is 0.410 e. The Labute approximate surface area is 263 Å². The van der Waals surface area contributed by atoms with E-state index < -0.39 is 41.4 Å². The summed E-state index contributed by atoms with van der Waals surface area (Å²) in [6.45, 7) is 7.35. The summed E-state index contributed by atoms with van der Waals surface area (Å²) in [6.07, 6.45) is 3.25. The van der Waals surface area contributed by atoms with E-state index in [2.05, 4.69) is 4.98 Å². The number of fused-ring (bicyclic) bond motifs is 1. The summed E-state index contributed by atoms with van der Waals surface area (Å²) < 4.78 is 46.2. The van der Waals surface area contributed by atoms with Gasteiger partial charge in [-0.1, -0.05) is 6.92 Å². The number of amides is 1. The van der Waals surface area contributed by atoms with Crippen molar-refractivity contribution in [1.29, 1.82) is 0 Å². The van der Waals surface area contributed by atoms with Crippen molar-refractivity contribution < 1.29 is 37.7 Å². The summed E-state index contributed by atoms with van der Waals surface area (Å²) in [5, 5.41) is 10.8. The van der Waals surface area contributed by atoms with Gasteiger partial charge in [-0.2, -0.15) is 0 Å². The van der Waals surface area contributed by atoms with Gasteiger partial charge < -0.3 is 24.2 Å². The molecule has 0 saturated carbocycles. The summed E-state index contributed by atoms with van der Waals surface area (Å²) in [6, 6.07) is 10.5. The molecule has 0 bridgehead atoms. The lowest BCUT2D eigenvalue weighted by Gasteiger charge is -2.43. The molecule has 244 valence electrons. The molecule has 0 aliphatic carbocycles. The molecule has 1 amide bonds. The fourth-order valence-corrected chi connectivity index (χ4v) is 6.13. The van der Waals surface area contributed by atoms with E-state index in [0.29, 0.717) is 38.5 Å². The summed E-state index contributed by atoms with van der Waals surface area (Å²) in [4.78, 5) is 31.5. The molecule has 3 aromatic rings. The van der Waals surface area contributed by atoms with Crippen molar-refractivity contribution in [2.24, 2.45) is 0 Å². The van der Waals surface area contributed by atoms with E-state index in [-0.39, 0.29) is 30.6 Å². The number of aryl methyl sites for hydroxylation is 1. The van der Waals surface area contributed by atoms with Crippen molar-refractivity contribution in [1.82, 2.24) is 9.88 Å². The zero-order valence-electron chi connectivity index (χ0n) is 26.7. The number of pyridine rings is 1. The van der Waals surface area contributed by atoms with Crippen LogP contribution in [-0.2, 0) is 20.7 Å². The van der Waals surface area contributed by atoms with Crippen molar-refractivity contribution >= 4 is 23.0 Å². The minimum atomic E-state index is -1.03. The maximum absolute atomic E-state index is 14.7. The van der Waals surface area contributed by atoms with E-state index in [0.717, 1.165) is 34.3 Å². The summed E-state index contributed by atoms with van der Waals surface area (Å²) in [5.41, 5.74) is 1.41. The van der Waals surface area contributed by atoms with Crippen LogP contribution in [0, 0.1) is 11.6 Å². The number of hydrogen-bond donors (Lipinski definition) is 1. The third kappa shape index (κ3) is 9.12. The Morgan fingerprint density at radius 3 is 2.60 bits per heavy atom. The first-order chi connectivity index (χ1) is 21.4. The number of carbonyl (C=O) groups is 2. The van der Waals surface area contributed by atoms with Gasteiger partial charge in [0.2, 0.25) is 0 Å². The molecule has 2 heterocycles. The van der Waals surface area contributed by atoms with Crippen LogP contribution in [0.5, 0.6) is 5.75 Å². The highest BCUT2D eigenvalue weighted by atomic mass is 19.1. The van der Waals surface area contributed by atoms with E-state index in [1.54, 1.807) is 34.1 Å². The Balaban J connectivity index is 1.53. The lowest BCUT2D eigenvalue weighted by atomic mass is 9.90. The number of aromatic nitrogens is 1. The number of nitrogens with zero attached hydrogens (tertiary/aromatic N) is 2. The van der Waals surface area contributed by atoms with Crippen LogP contribution in [0.4, 0.5) is 13.6 Å². The zero-order valence-corrected chi connectivity index (χ0v) is 26.7. The predicted molar refractivity (Wildman–Crippen MR) is 167 cm³/mol. The number of rotatable bonds is 12. The van der Waals surface area contributed by atoms with E-state index in [1.807, 2.05) is 31.2 Å². The van der Waals surface area contributed by atoms with Crippen LogP contribution in [-0.4, -0.2) is 64.6 Å². The molecule has 4 rings (SSSR count). The topological polar surface area (TPSA) is 98.2 Å². The average Bonchev–Trinajstić information content (AvgIpc) is 2.98. The number of hydrogen-bond acceptors (Lipinski definition) is 6. The second kappa shape index (κ2) is 15.0. The maximum atomic E-state index is 14.7. The van der Waals surface area contributed by atoms with Gasteiger partial charge in [-0.25, -0.2) is 13.6 Å². The van der Waals surface area contributed by atoms with Crippen LogP contribution in [0.3, 0.4) is 0 Å². The molecule has 1 aromatic heterocycles. The van der Waals surface area contributed by atoms with Gasteiger partial charge in [-0.15, -0.1) is 0 Å². The quantitative estimate of drug-likeness (QED) is 0.220. The Morgan fingerprint density at radius 2 is 1.91 bits per heavy atom. The van der Waals surface area contributed by atoms with Gasteiger partial charge >= 0.3 is 12.1 Å². The molecule has 1 aliphatic rings. The van der Waals surface area contributed by atoms with Crippen LogP contribution >= 0.6 is 0 Å². The number of benzene rings is 2. The normalized spacial score (nSPS) is 19.2. The minimum Gasteiger partial charge on any atom is -0.497 e. The van der Waals surface area contributed by atoms with Crippen molar-refractivity contribution in [3.05, 3.63) is 71.4 Å². The van der Waals surface area contributed by atoms with Gasteiger partial charge in [0, 0.05) is 18.1 Å². The lowest BCUT2D eigenvalue weighted by molar-refractivity contribution is -0.148. The first kappa shape index (κ1) is 34.1. The highest BCUT2D eigenvalue weighted by molar-refractivity contribution is 5.83. The van der Waals surface area contributed by atoms with Crippen molar-refractivity contribution in [2.45, 2.75) is 102 Å². The number of carboxylic acid groups (broad SMARTS) is 1.